The van der Waals surface area contributed by atoms with Gasteiger partial charge in [-0.05, 0) is 12.7 Å². The molecule has 0 aliphatic heterocycles. The summed E-state index contributed by atoms with van der Waals surface area (Å²) in [5.74, 6) is 0.906. The molecule has 1 N–H and O–H groups in total. The smallest absolute Gasteiger partial charge is 0.0830 e. The largest absolute Gasteiger partial charge is 0.281 e. The van der Waals surface area contributed by atoms with E-state index in [0.29, 0.717) is 6.61 Å². The summed E-state index contributed by atoms with van der Waals surface area (Å²) >= 11 is 0. The van der Waals surface area contributed by atoms with Crippen LogP contribution in [0.25, 0.3) is 0 Å². The van der Waals surface area contributed by atoms with Crippen LogP contribution in [0, 0.1) is 4.78 Å². The highest BCUT2D eigenvalue weighted by atomic mass is 32.2. The zero-order valence-electron chi connectivity index (χ0n) is 5.85. The Morgan fingerprint density at radius 2 is 2.22 bits per heavy atom. The molecule has 3 nitrogen and oxygen atoms in total. The van der Waals surface area contributed by atoms with Crippen LogP contribution in [-0.2, 0) is 20.5 Å². The van der Waals surface area contributed by atoms with Crippen molar-refractivity contribution in [3.8, 4) is 0 Å². The lowest BCUT2D eigenvalue weighted by Gasteiger charge is -1.98. The van der Waals surface area contributed by atoms with Crippen LogP contribution >= 0.6 is 0 Å². The standard InChI is InChI=1S/C5H13NO2S/c1-7-8-4-3-5-9(2)6/h6H,3-5H2,1-2H3. The summed E-state index contributed by atoms with van der Waals surface area (Å²) in [6.07, 6.45) is 2.81. The monoisotopic (exact) mass is 151 g/mol. The van der Waals surface area contributed by atoms with Crippen molar-refractivity contribution < 1.29 is 9.78 Å². The van der Waals surface area contributed by atoms with E-state index in [4.69, 9.17) is 4.78 Å². The Morgan fingerprint density at radius 3 is 2.67 bits per heavy atom. The van der Waals surface area contributed by atoms with Crippen LogP contribution in [-0.4, -0.2) is 25.7 Å². The SMILES string of the molecule is COOCCCS(C)=N. The van der Waals surface area contributed by atoms with Gasteiger partial charge in [0, 0.05) is 5.75 Å². The third kappa shape index (κ3) is 8.07. The lowest BCUT2D eigenvalue weighted by atomic mass is 10.5. The van der Waals surface area contributed by atoms with E-state index in [0.717, 1.165) is 12.2 Å². The summed E-state index contributed by atoms with van der Waals surface area (Å²) in [5, 5.41) is 0. The first kappa shape index (κ1) is 9.07. The quantitative estimate of drug-likeness (QED) is 0.361. The topological polar surface area (TPSA) is 42.3 Å². The van der Waals surface area contributed by atoms with Crippen molar-refractivity contribution in [2.75, 3.05) is 25.7 Å². The van der Waals surface area contributed by atoms with Crippen molar-refractivity contribution in [1.82, 2.24) is 0 Å². The molecule has 9 heavy (non-hydrogen) atoms. The molecule has 1 atom stereocenters. The zero-order chi connectivity index (χ0) is 7.11. The van der Waals surface area contributed by atoms with E-state index in [-0.39, 0.29) is 10.7 Å². The number of hydrogen-bond donors (Lipinski definition) is 1. The Morgan fingerprint density at radius 1 is 1.56 bits per heavy atom. The van der Waals surface area contributed by atoms with Crippen LogP contribution in [0.3, 0.4) is 0 Å². The molecule has 0 radical (unpaired) electrons. The maximum Gasteiger partial charge on any atom is 0.0830 e. The van der Waals surface area contributed by atoms with Gasteiger partial charge in [-0.15, -0.1) is 10.7 Å². The van der Waals surface area contributed by atoms with E-state index in [1.165, 1.54) is 7.11 Å². The van der Waals surface area contributed by atoms with Crippen LogP contribution < -0.4 is 0 Å². The normalized spacial score (nSPS) is 13.6. The molecule has 0 saturated heterocycles. The van der Waals surface area contributed by atoms with Crippen molar-refractivity contribution in [2.24, 2.45) is 0 Å². The van der Waals surface area contributed by atoms with Gasteiger partial charge in [0.05, 0.1) is 13.7 Å². The van der Waals surface area contributed by atoms with Gasteiger partial charge in [0.1, 0.15) is 0 Å². The summed E-state index contributed by atoms with van der Waals surface area (Å²) in [4.78, 5) is 8.97. The fraction of sp³-hybridized carbons (Fsp3) is 1.00. The van der Waals surface area contributed by atoms with E-state index in [1.54, 1.807) is 0 Å². The van der Waals surface area contributed by atoms with Gasteiger partial charge in [-0.2, -0.15) is 0 Å². The molecule has 4 heteroatoms. The Kier molecular flexibility index (Phi) is 6.24. The first-order valence-electron chi connectivity index (χ1n) is 2.76. The molecule has 0 bridgehead atoms. The van der Waals surface area contributed by atoms with Crippen molar-refractivity contribution in [1.29, 1.82) is 4.78 Å². The first-order valence-corrected chi connectivity index (χ1v) is 4.57. The summed E-state index contributed by atoms with van der Waals surface area (Å²) < 4.78 is 7.14. The summed E-state index contributed by atoms with van der Waals surface area (Å²) in [6.45, 7) is 0.604. The van der Waals surface area contributed by atoms with Crippen molar-refractivity contribution in [3.63, 3.8) is 0 Å². The van der Waals surface area contributed by atoms with Crippen LogP contribution in [0.4, 0.5) is 0 Å². The van der Waals surface area contributed by atoms with Crippen LogP contribution in [0.5, 0.6) is 0 Å². The molecule has 0 aliphatic carbocycles. The van der Waals surface area contributed by atoms with Gasteiger partial charge < -0.3 is 0 Å². The van der Waals surface area contributed by atoms with Crippen molar-refractivity contribution in [2.45, 2.75) is 6.42 Å². The second-order valence-electron chi connectivity index (χ2n) is 1.68. The van der Waals surface area contributed by atoms with Gasteiger partial charge in [0.15, 0.2) is 0 Å². The van der Waals surface area contributed by atoms with Gasteiger partial charge in [0.2, 0.25) is 0 Å². The summed E-state index contributed by atoms with van der Waals surface area (Å²) in [7, 11) is 1.29. The molecule has 56 valence electrons. The molecular formula is C5H13NO2S. The molecule has 0 aromatic heterocycles. The fourth-order valence-corrected chi connectivity index (χ4v) is 0.969. The van der Waals surface area contributed by atoms with Crippen LogP contribution in [0.15, 0.2) is 0 Å². The second-order valence-corrected chi connectivity index (χ2v) is 3.37. The van der Waals surface area contributed by atoms with Gasteiger partial charge >= 0.3 is 0 Å². The predicted octanol–water partition coefficient (Wildman–Crippen LogP) is 0.965. The fourth-order valence-electron chi connectivity index (χ4n) is 0.418. The van der Waals surface area contributed by atoms with Crippen LogP contribution in [0.1, 0.15) is 6.42 Å². The Hall–Kier alpha value is 0.0700. The maximum atomic E-state index is 7.14. The Labute approximate surface area is 58.2 Å². The van der Waals surface area contributed by atoms with E-state index in [1.807, 2.05) is 6.26 Å². The Bertz CT molecular complexity index is 87.0. The van der Waals surface area contributed by atoms with Crippen LogP contribution in [0.2, 0.25) is 0 Å². The minimum absolute atomic E-state index is 0.205. The van der Waals surface area contributed by atoms with Gasteiger partial charge in [-0.1, -0.05) is 0 Å². The van der Waals surface area contributed by atoms with E-state index in [2.05, 4.69) is 9.78 Å². The van der Waals surface area contributed by atoms with Crippen molar-refractivity contribution in [3.05, 3.63) is 0 Å². The third-order valence-corrected chi connectivity index (χ3v) is 1.70. The molecule has 0 spiro atoms. The second kappa shape index (κ2) is 6.19. The third-order valence-electron chi connectivity index (χ3n) is 0.796. The lowest BCUT2D eigenvalue weighted by Crippen LogP contribution is -1.99. The van der Waals surface area contributed by atoms with Gasteiger partial charge in [-0.25, -0.2) is 9.78 Å². The summed E-state index contributed by atoms with van der Waals surface area (Å²) in [5.41, 5.74) is 0. The molecule has 0 aliphatic rings. The molecule has 0 aromatic carbocycles. The number of nitrogens with one attached hydrogen (secondary N) is 1. The average Bonchev–Trinajstić information content (AvgIpc) is 1.80. The highest BCUT2D eigenvalue weighted by Crippen LogP contribution is 1.85. The highest BCUT2D eigenvalue weighted by molar-refractivity contribution is 7.85. The molecule has 0 fully saturated rings. The number of rotatable bonds is 5. The zero-order valence-corrected chi connectivity index (χ0v) is 6.66. The van der Waals surface area contributed by atoms with Gasteiger partial charge in [0.25, 0.3) is 0 Å². The average molecular weight is 151 g/mol. The minimum Gasteiger partial charge on any atom is -0.281 e. The summed E-state index contributed by atoms with van der Waals surface area (Å²) in [6, 6.07) is 0. The van der Waals surface area contributed by atoms with Crippen molar-refractivity contribution >= 4 is 10.7 Å². The van der Waals surface area contributed by atoms with E-state index in [9.17, 15) is 0 Å². The molecule has 0 saturated carbocycles. The first-order chi connectivity index (χ1) is 4.27. The molecule has 0 aromatic rings. The lowest BCUT2D eigenvalue weighted by molar-refractivity contribution is -0.271. The molecule has 0 amide bonds. The van der Waals surface area contributed by atoms with E-state index >= 15 is 0 Å². The predicted molar refractivity (Wildman–Crippen MR) is 38.5 cm³/mol. The number of hydrogen-bond acceptors (Lipinski definition) is 3. The molecule has 0 heterocycles. The molecule has 1 unspecified atom stereocenters. The van der Waals surface area contributed by atoms with Gasteiger partial charge in [-0.3, -0.25) is 4.78 Å². The molecule has 0 rings (SSSR count). The maximum absolute atomic E-state index is 7.14. The minimum atomic E-state index is -0.205. The Balaban J connectivity index is 2.83. The molecular weight excluding hydrogens is 138 g/mol. The van der Waals surface area contributed by atoms with E-state index < -0.39 is 0 Å². The highest BCUT2D eigenvalue weighted by Gasteiger charge is 1.87.